The molecular weight excluding hydrogens is 302 g/mol. The van der Waals surface area contributed by atoms with Gasteiger partial charge in [-0.05, 0) is 11.6 Å². The van der Waals surface area contributed by atoms with E-state index in [1.54, 1.807) is 18.2 Å². The van der Waals surface area contributed by atoms with Crippen molar-refractivity contribution in [2.75, 3.05) is 5.73 Å². The van der Waals surface area contributed by atoms with Crippen molar-refractivity contribution in [3.05, 3.63) is 45.6 Å². The van der Waals surface area contributed by atoms with Crippen LogP contribution < -0.4 is 5.73 Å². The van der Waals surface area contributed by atoms with E-state index in [2.05, 4.69) is 5.10 Å². The second-order valence-electron chi connectivity index (χ2n) is 3.82. The van der Waals surface area contributed by atoms with Gasteiger partial charge in [-0.15, -0.1) is 0 Å². The molecule has 1 heterocycles. The van der Waals surface area contributed by atoms with Crippen LogP contribution in [0, 0.1) is 0 Å². The molecule has 0 atom stereocenters. The van der Waals surface area contributed by atoms with Gasteiger partial charge in [0.05, 0.1) is 16.6 Å². The quantitative estimate of drug-likeness (QED) is 0.916. The van der Waals surface area contributed by atoms with Gasteiger partial charge in [0.15, 0.2) is 5.69 Å². The van der Waals surface area contributed by atoms with Crippen LogP contribution in [0.4, 0.5) is 19.0 Å². The van der Waals surface area contributed by atoms with Gasteiger partial charge in [0, 0.05) is 6.07 Å². The topological polar surface area (TPSA) is 43.8 Å². The summed E-state index contributed by atoms with van der Waals surface area (Å²) in [6.07, 6.45) is -4.53. The smallest absolute Gasteiger partial charge is 0.384 e. The van der Waals surface area contributed by atoms with Crippen molar-refractivity contribution in [2.45, 2.75) is 12.7 Å². The van der Waals surface area contributed by atoms with Gasteiger partial charge in [-0.3, -0.25) is 0 Å². The third kappa shape index (κ3) is 2.96. The normalized spacial score (nSPS) is 11.8. The summed E-state index contributed by atoms with van der Waals surface area (Å²) in [6.45, 7) is 0.0152. The van der Waals surface area contributed by atoms with Gasteiger partial charge in [-0.25, -0.2) is 4.68 Å². The molecule has 0 radical (unpaired) electrons. The van der Waals surface area contributed by atoms with Crippen molar-refractivity contribution >= 4 is 29.0 Å². The highest BCUT2D eigenvalue weighted by Gasteiger charge is 2.34. The Balaban J connectivity index is 2.34. The van der Waals surface area contributed by atoms with Crippen molar-refractivity contribution in [3.63, 3.8) is 0 Å². The SMILES string of the molecule is Nc1cc(C(F)(F)F)nn1Cc1cccc(Cl)c1Cl. The Morgan fingerprint density at radius 3 is 2.53 bits per heavy atom. The molecule has 102 valence electrons. The summed E-state index contributed by atoms with van der Waals surface area (Å²) in [7, 11) is 0. The molecule has 1 aromatic heterocycles. The summed E-state index contributed by atoms with van der Waals surface area (Å²) in [5.41, 5.74) is 5.00. The van der Waals surface area contributed by atoms with Crippen molar-refractivity contribution in [3.8, 4) is 0 Å². The van der Waals surface area contributed by atoms with Crippen molar-refractivity contribution < 1.29 is 13.2 Å². The minimum Gasteiger partial charge on any atom is -0.384 e. The molecule has 0 bridgehead atoms. The van der Waals surface area contributed by atoms with Gasteiger partial charge in [-0.2, -0.15) is 18.3 Å². The lowest BCUT2D eigenvalue weighted by molar-refractivity contribution is -0.141. The Morgan fingerprint density at radius 1 is 1.26 bits per heavy atom. The van der Waals surface area contributed by atoms with Crippen LogP contribution in [0.5, 0.6) is 0 Å². The van der Waals surface area contributed by atoms with Crippen LogP contribution in [-0.2, 0) is 12.7 Å². The number of aromatic nitrogens is 2. The van der Waals surface area contributed by atoms with Crippen molar-refractivity contribution in [1.29, 1.82) is 0 Å². The average Bonchev–Trinajstić information content (AvgIpc) is 2.67. The molecule has 19 heavy (non-hydrogen) atoms. The number of hydrogen-bond acceptors (Lipinski definition) is 2. The zero-order valence-corrected chi connectivity index (χ0v) is 10.9. The number of hydrogen-bond donors (Lipinski definition) is 1. The van der Waals surface area contributed by atoms with Crippen LogP contribution in [0.15, 0.2) is 24.3 Å². The van der Waals surface area contributed by atoms with E-state index in [-0.39, 0.29) is 17.4 Å². The molecular formula is C11H8Cl2F3N3. The van der Waals surface area contributed by atoms with Crippen LogP contribution in [0.3, 0.4) is 0 Å². The lowest BCUT2D eigenvalue weighted by Gasteiger charge is -2.07. The molecule has 0 fully saturated rings. The Hall–Kier alpha value is -1.40. The summed E-state index contributed by atoms with van der Waals surface area (Å²) in [6, 6.07) is 5.65. The fraction of sp³-hybridized carbons (Fsp3) is 0.182. The first-order chi connectivity index (χ1) is 8.79. The molecule has 0 amide bonds. The van der Waals surface area contributed by atoms with E-state index in [1.807, 2.05) is 0 Å². The van der Waals surface area contributed by atoms with Crippen LogP contribution in [0.1, 0.15) is 11.3 Å². The highest BCUT2D eigenvalue weighted by Crippen LogP contribution is 2.30. The number of alkyl halides is 3. The monoisotopic (exact) mass is 309 g/mol. The second kappa shape index (κ2) is 4.94. The third-order valence-corrected chi connectivity index (χ3v) is 3.31. The minimum absolute atomic E-state index is 0.0152. The predicted octanol–water partition coefficient (Wildman–Crippen LogP) is 3.84. The molecule has 0 aliphatic rings. The van der Waals surface area contributed by atoms with Gasteiger partial charge >= 0.3 is 6.18 Å². The molecule has 2 rings (SSSR count). The maximum atomic E-state index is 12.5. The molecule has 3 nitrogen and oxygen atoms in total. The Bertz CT molecular complexity index is 608. The Morgan fingerprint density at radius 2 is 1.95 bits per heavy atom. The molecule has 8 heteroatoms. The highest BCUT2D eigenvalue weighted by atomic mass is 35.5. The zero-order valence-electron chi connectivity index (χ0n) is 9.38. The lowest BCUT2D eigenvalue weighted by Crippen LogP contribution is -2.09. The van der Waals surface area contributed by atoms with E-state index in [1.165, 1.54) is 0 Å². The van der Waals surface area contributed by atoms with E-state index >= 15 is 0 Å². The molecule has 1 aromatic carbocycles. The first-order valence-corrected chi connectivity index (χ1v) is 5.88. The number of anilines is 1. The van der Waals surface area contributed by atoms with Crippen LogP contribution in [-0.4, -0.2) is 9.78 Å². The standard InChI is InChI=1S/C11H8Cl2F3N3/c12-7-3-1-2-6(10(7)13)5-19-9(17)4-8(18-19)11(14,15)16/h1-4H,5,17H2. The van der Waals surface area contributed by atoms with Crippen LogP contribution in [0.25, 0.3) is 0 Å². The molecule has 2 aromatic rings. The van der Waals surface area contributed by atoms with Gasteiger partial charge in [0.2, 0.25) is 0 Å². The molecule has 0 aliphatic heterocycles. The molecule has 0 saturated carbocycles. The van der Waals surface area contributed by atoms with Gasteiger partial charge in [0.1, 0.15) is 5.82 Å². The van der Waals surface area contributed by atoms with Crippen LogP contribution in [0.2, 0.25) is 10.0 Å². The van der Waals surface area contributed by atoms with E-state index in [0.29, 0.717) is 10.6 Å². The minimum atomic E-state index is -4.53. The van der Waals surface area contributed by atoms with E-state index in [9.17, 15) is 13.2 Å². The number of benzene rings is 1. The zero-order chi connectivity index (χ0) is 14.2. The lowest BCUT2D eigenvalue weighted by atomic mass is 10.2. The predicted molar refractivity (Wildman–Crippen MR) is 67.2 cm³/mol. The van der Waals surface area contributed by atoms with Crippen molar-refractivity contribution in [1.82, 2.24) is 9.78 Å². The van der Waals surface area contributed by atoms with Gasteiger partial charge in [0.25, 0.3) is 0 Å². The number of halogens is 5. The Kier molecular flexibility index (Phi) is 3.64. The van der Waals surface area contributed by atoms with Gasteiger partial charge in [-0.1, -0.05) is 35.3 Å². The number of rotatable bonds is 2. The maximum absolute atomic E-state index is 12.5. The summed E-state index contributed by atoms with van der Waals surface area (Å²) >= 11 is 11.8. The fourth-order valence-corrected chi connectivity index (χ4v) is 1.91. The fourth-order valence-electron chi connectivity index (χ4n) is 1.53. The number of nitrogen functional groups attached to an aromatic ring is 1. The van der Waals surface area contributed by atoms with Gasteiger partial charge < -0.3 is 5.73 Å². The number of nitrogens with zero attached hydrogens (tertiary/aromatic N) is 2. The molecule has 0 aliphatic carbocycles. The Labute approximate surface area is 116 Å². The van der Waals surface area contributed by atoms with E-state index in [0.717, 1.165) is 10.7 Å². The van der Waals surface area contributed by atoms with Crippen LogP contribution >= 0.6 is 23.2 Å². The highest BCUT2D eigenvalue weighted by molar-refractivity contribution is 6.42. The summed E-state index contributed by atoms with van der Waals surface area (Å²) in [5.74, 6) is -0.0941. The van der Waals surface area contributed by atoms with E-state index < -0.39 is 11.9 Å². The molecule has 0 unspecified atom stereocenters. The first-order valence-electron chi connectivity index (χ1n) is 5.12. The second-order valence-corrected chi connectivity index (χ2v) is 4.61. The maximum Gasteiger partial charge on any atom is 0.435 e. The molecule has 0 spiro atoms. The largest absolute Gasteiger partial charge is 0.435 e. The van der Waals surface area contributed by atoms with Crippen molar-refractivity contribution in [2.24, 2.45) is 0 Å². The third-order valence-electron chi connectivity index (χ3n) is 2.45. The summed E-state index contributed by atoms with van der Waals surface area (Å²) in [4.78, 5) is 0. The summed E-state index contributed by atoms with van der Waals surface area (Å²) in [5, 5.41) is 4.00. The molecule has 2 N–H and O–H groups in total. The first kappa shape index (κ1) is 14.0. The van der Waals surface area contributed by atoms with E-state index in [4.69, 9.17) is 28.9 Å². The summed E-state index contributed by atoms with van der Waals surface area (Å²) < 4.78 is 38.5. The molecule has 0 saturated heterocycles. The number of nitrogens with two attached hydrogens (primary N) is 1. The average molecular weight is 310 g/mol.